The number of benzene rings is 1. The number of carbonyl (C=O) groups excluding carboxylic acids is 1. The molecule has 29 heavy (non-hydrogen) atoms. The Balaban J connectivity index is 1.71. The molecule has 2 rings (SSSR count). The van der Waals surface area contributed by atoms with Crippen molar-refractivity contribution in [1.29, 1.82) is 0 Å². The Labute approximate surface area is 173 Å². The molecule has 1 amide bonds. The first-order chi connectivity index (χ1) is 13.5. The predicted molar refractivity (Wildman–Crippen MR) is 109 cm³/mol. The maximum atomic E-state index is 14.0. The van der Waals surface area contributed by atoms with E-state index in [9.17, 15) is 17.6 Å². The third kappa shape index (κ3) is 7.17. The van der Waals surface area contributed by atoms with Gasteiger partial charge in [0.05, 0.1) is 12.4 Å². The van der Waals surface area contributed by atoms with Crippen LogP contribution in [0.15, 0.2) is 23.1 Å². The van der Waals surface area contributed by atoms with Crippen LogP contribution in [0.3, 0.4) is 0 Å². The summed E-state index contributed by atoms with van der Waals surface area (Å²) < 4.78 is 48.6. The molecule has 1 fully saturated rings. The molecule has 1 aliphatic heterocycles. The molecule has 1 aromatic rings. The topological polar surface area (TPSA) is 72.9 Å². The van der Waals surface area contributed by atoms with E-state index in [-0.39, 0.29) is 16.7 Å². The van der Waals surface area contributed by atoms with Gasteiger partial charge in [0.15, 0.2) is 9.84 Å². The number of piperidine rings is 1. The predicted octanol–water partition coefficient (Wildman–Crippen LogP) is 4.43. The fourth-order valence-electron chi connectivity index (χ4n) is 3.27. The van der Waals surface area contributed by atoms with Crippen molar-refractivity contribution in [2.24, 2.45) is 5.92 Å². The highest BCUT2D eigenvalue weighted by molar-refractivity contribution is 7.91. The van der Waals surface area contributed by atoms with Crippen LogP contribution in [0.4, 0.5) is 9.18 Å². The van der Waals surface area contributed by atoms with Crippen molar-refractivity contribution >= 4 is 15.9 Å². The Morgan fingerprint density at radius 2 is 1.90 bits per heavy atom. The van der Waals surface area contributed by atoms with Gasteiger partial charge in [0.1, 0.15) is 22.1 Å². The van der Waals surface area contributed by atoms with Crippen molar-refractivity contribution in [3.63, 3.8) is 0 Å². The molecule has 1 aliphatic rings. The Morgan fingerprint density at radius 1 is 1.24 bits per heavy atom. The van der Waals surface area contributed by atoms with Crippen LogP contribution in [-0.2, 0) is 14.6 Å². The van der Waals surface area contributed by atoms with Gasteiger partial charge in [0.2, 0.25) is 0 Å². The van der Waals surface area contributed by atoms with Gasteiger partial charge in [-0.25, -0.2) is 17.6 Å². The van der Waals surface area contributed by atoms with E-state index in [1.165, 1.54) is 19.1 Å². The standard InChI is InChI=1S/C21H32FNO5S/c1-5-29(25,26)19-9-8-17(15-18(19)22)27-14-6-7-16-10-12-23(13-11-16)20(24)28-21(2,3)4/h8-9,15-16H,5-7,10-14H2,1-4H3. The summed E-state index contributed by atoms with van der Waals surface area (Å²) in [5.41, 5.74) is -0.482. The molecule has 6 nitrogen and oxygen atoms in total. The van der Waals surface area contributed by atoms with Gasteiger partial charge in [0, 0.05) is 19.2 Å². The molecule has 164 valence electrons. The van der Waals surface area contributed by atoms with Crippen LogP contribution in [-0.4, -0.2) is 50.5 Å². The number of hydrogen-bond donors (Lipinski definition) is 0. The average Bonchev–Trinajstić information content (AvgIpc) is 2.64. The minimum Gasteiger partial charge on any atom is -0.493 e. The Kier molecular flexibility index (Phi) is 7.91. The summed E-state index contributed by atoms with van der Waals surface area (Å²) in [5, 5.41) is 0. The molecule has 0 atom stereocenters. The minimum absolute atomic E-state index is 0.142. The van der Waals surface area contributed by atoms with Crippen LogP contribution >= 0.6 is 0 Å². The molecule has 1 saturated heterocycles. The molecule has 0 aliphatic carbocycles. The number of amides is 1. The van der Waals surface area contributed by atoms with E-state index in [2.05, 4.69) is 0 Å². The molecule has 0 radical (unpaired) electrons. The maximum absolute atomic E-state index is 14.0. The second-order valence-electron chi connectivity index (χ2n) is 8.40. The number of carbonyl (C=O) groups is 1. The zero-order chi connectivity index (χ0) is 21.7. The second-order valence-corrected chi connectivity index (χ2v) is 10.6. The van der Waals surface area contributed by atoms with Gasteiger partial charge >= 0.3 is 6.09 Å². The van der Waals surface area contributed by atoms with Crippen molar-refractivity contribution in [2.75, 3.05) is 25.4 Å². The summed E-state index contributed by atoms with van der Waals surface area (Å²) in [6.45, 7) is 8.89. The molecule has 8 heteroatoms. The zero-order valence-corrected chi connectivity index (χ0v) is 18.6. The first-order valence-electron chi connectivity index (χ1n) is 10.1. The number of ether oxygens (including phenoxy) is 2. The van der Waals surface area contributed by atoms with Crippen molar-refractivity contribution in [2.45, 2.75) is 63.9 Å². The fourth-order valence-corrected chi connectivity index (χ4v) is 4.21. The molecule has 0 aromatic heterocycles. The number of sulfone groups is 1. The third-order valence-electron chi connectivity index (χ3n) is 4.91. The number of halogens is 1. The third-order valence-corrected chi connectivity index (χ3v) is 6.67. The zero-order valence-electron chi connectivity index (χ0n) is 17.7. The van der Waals surface area contributed by atoms with Crippen LogP contribution in [0.2, 0.25) is 0 Å². The van der Waals surface area contributed by atoms with Gasteiger partial charge < -0.3 is 14.4 Å². The summed E-state index contributed by atoms with van der Waals surface area (Å²) in [4.78, 5) is 13.6. The van der Waals surface area contributed by atoms with Gasteiger partial charge in [-0.3, -0.25) is 0 Å². The molecule has 0 unspecified atom stereocenters. The average molecular weight is 430 g/mol. The summed E-state index contributed by atoms with van der Waals surface area (Å²) in [6, 6.07) is 3.88. The van der Waals surface area contributed by atoms with Gasteiger partial charge in [-0.15, -0.1) is 0 Å². The van der Waals surface area contributed by atoms with Gasteiger partial charge in [-0.2, -0.15) is 0 Å². The molecule has 0 spiro atoms. The Hall–Kier alpha value is -1.83. The lowest BCUT2D eigenvalue weighted by Gasteiger charge is -2.33. The normalized spacial score (nSPS) is 16.0. The lowest BCUT2D eigenvalue weighted by Crippen LogP contribution is -2.41. The maximum Gasteiger partial charge on any atom is 0.410 e. The largest absolute Gasteiger partial charge is 0.493 e. The molecular formula is C21H32FNO5S. The Morgan fingerprint density at radius 3 is 2.45 bits per heavy atom. The monoisotopic (exact) mass is 429 g/mol. The van der Waals surface area contributed by atoms with E-state index in [1.807, 2.05) is 20.8 Å². The van der Waals surface area contributed by atoms with E-state index < -0.39 is 21.3 Å². The van der Waals surface area contributed by atoms with E-state index in [0.717, 1.165) is 31.7 Å². The Bertz CT molecular complexity index is 796. The highest BCUT2D eigenvalue weighted by Crippen LogP contribution is 2.25. The number of rotatable bonds is 7. The van der Waals surface area contributed by atoms with Crippen molar-refractivity contribution in [3.8, 4) is 5.75 Å². The fraction of sp³-hybridized carbons (Fsp3) is 0.667. The van der Waals surface area contributed by atoms with E-state index in [1.54, 1.807) is 4.90 Å². The van der Waals surface area contributed by atoms with Crippen LogP contribution in [0, 0.1) is 11.7 Å². The van der Waals surface area contributed by atoms with Gasteiger partial charge in [-0.05, 0) is 64.5 Å². The lowest BCUT2D eigenvalue weighted by molar-refractivity contribution is 0.0179. The van der Waals surface area contributed by atoms with E-state index in [0.29, 0.717) is 31.4 Å². The molecule has 1 heterocycles. The van der Waals surface area contributed by atoms with Crippen LogP contribution in [0.25, 0.3) is 0 Å². The highest BCUT2D eigenvalue weighted by Gasteiger charge is 2.26. The number of hydrogen-bond acceptors (Lipinski definition) is 5. The van der Waals surface area contributed by atoms with Crippen LogP contribution < -0.4 is 4.74 Å². The summed E-state index contributed by atoms with van der Waals surface area (Å²) in [7, 11) is -3.57. The first-order valence-corrected chi connectivity index (χ1v) is 11.8. The van der Waals surface area contributed by atoms with Crippen molar-refractivity contribution in [1.82, 2.24) is 4.90 Å². The quantitative estimate of drug-likeness (QED) is 0.600. The minimum atomic E-state index is -3.57. The smallest absolute Gasteiger partial charge is 0.410 e. The first kappa shape index (κ1) is 23.4. The SMILES string of the molecule is CCS(=O)(=O)c1ccc(OCCCC2CCN(C(=O)OC(C)(C)C)CC2)cc1F. The van der Waals surface area contributed by atoms with Gasteiger partial charge in [0.25, 0.3) is 0 Å². The summed E-state index contributed by atoms with van der Waals surface area (Å²) in [5.74, 6) is -0.0705. The molecular weight excluding hydrogens is 397 g/mol. The molecule has 0 bridgehead atoms. The molecule has 1 aromatic carbocycles. The van der Waals surface area contributed by atoms with Crippen LogP contribution in [0.1, 0.15) is 53.4 Å². The van der Waals surface area contributed by atoms with Gasteiger partial charge in [-0.1, -0.05) is 6.92 Å². The van der Waals surface area contributed by atoms with E-state index >= 15 is 0 Å². The molecule has 0 N–H and O–H groups in total. The summed E-state index contributed by atoms with van der Waals surface area (Å²) in [6.07, 6.45) is 3.38. The van der Waals surface area contributed by atoms with Crippen LogP contribution in [0.5, 0.6) is 5.75 Å². The highest BCUT2D eigenvalue weighted by atomic mass is 32.2. The lowest BCUT2D eigenvalue weighted by atomic mass is 9.92. The van der Waals surface area contributed by atoms with E-state index in [4.69, 9.17) is 9.47 Å². The van der Waals surface area contributed by atoms with Crippen molar-refractivity contribution < 1.29 is 27.1 Å². The van der Waals surface area contributed by atoms with Crippen molar-refractivity contribution in [3.05, 3.63) is 24.0 Å². The summed E-state index contributed by atoms with van der Waals surface area (Å²) >= 11 is 0. The number of likely N-dealkylation sites (tertiary alicyclic amines) is 1. The second kappa shape index (κ2) is 9.78. The number of nitrogens with zero attached hydrogens (tertiary/aromatic N) is 1. The molecule has 0 saturated carbocycles.